The van der Waals surface area contributed by atoms with E-state index in [1.165, 1.54) is 51.7 Å². The lowest BCUT2D eigenvalue weighted by molar-refractivity contribution is 0.0909. The topological polar surface area (TPSA) is 32.5 Å². The Labute approximate surface area is 125 Å². The molecule has 1 saturated heterocycles. The quantitative estimate of drug-likeness (QED) is 0.859. The molecule has 3 heteroatoms. The molecule has 20 heavy (non-hydrogen) atoms. The molecule has 1 heterocycles. The smallest absolute Gasteiger partial charge is 0.0220 e. The van der Waals surface area contributed by atoms with Crippen LogP contribution in [0.2, 0.25) is 0 Å². The molecule has 0 bridgehead atoms. The molecule has 2 fully saturated rings. The van der Waals surface area contributed by atoms with Crippen molar-refractivity contribution in [1.82, 2.24) is 9.80 Å². The number of rotatable bonds is 4. The lowest BCUT2D eigenvalue weighted by atomic mass is 9.73. The summed E-state index contributed by atoms with van der Waals surface area (Å²) in [6.07, 6.45) is 6.61. The Morgan fingerprint density at radius 3 is 2.65 bits per heavy atom. The van der Waals surface area contributed by atoms with E-state index in [1.54, 1.807) is 0 Å². The summed E-state index contributed by atoms with van der Waals surface area (Å²) in [6, 6.07) is 1.16. The molecule has 0 spiro atoms. The largest absolute Gasteiger partial charge is 0.327 e. The first-order chi connectivity index (χ1) is 9.47. The number of nitrogens with zero attached hydrogens (tertiary/aromatic N) is 2. The Hall–Kier alpha value is -0.120. The van der Waals surface area contributed by atoms with Crippen LogP contribution in [0.5, 0.6) is 0 Å². The van der Waals surface area contributed by atoms with Crippen LogP contribution in [0.1, 0.15) is 46.0 Å². The van der Waals surface area contributed by atoms with E-state index in [-0.39, 0.29) is 0 Å². The Kier molecular flexibility index (Phi) is 5.88. The Bertz CT molecular complexity index is 292. The van der Waals surface area contributed by atoms with E-state index in [9.17, 15) is 0 Å². The van der Waals surface area contributed by atoms with Crippen molar-refractivity contribution in [3.63, 3.8) is 0 Å². The SMILES string of the molecule is CC(C)C1CCC(N)C(CN(C)C2CCCN(C)C2)C1. The third-order valence-corrected chi connectivity index (χ3v) is 5.77. The molecule has 118 valence electrons. The van der Waals surface area contributed by atoms with E-state index >= 15 is 0 Å². The van der Waals surface area contributed by atoms with E-state index in [4.69, 9.17) is 5.73 Å². The molecule has 3 nitrogen and oxygen atoms in total. The molecule has 0 aromatic rings. The van der Waals surface area contributed by atoms with Crippen LogP contribution in [0.15, 0.2) is 0 Å². The molecule has 4 unspecified atom stereocenters. The normalized spacial score (nSPS) is 36.8. The molecule has 0 radical (unpaired) electrons. The van der Waals surface area contributed by atoms with Gasteiger partial charge in [0.2, 0.25) is 0 Å². The third kappa shape index (κ3) is 4.19. The highest BCUT2D eigenvalue weighted by Crippen LogP contribution is 2.33. The number of hydrogen-bond acceptors (Lipinski definition) is 3. The van der Waals surface area contributed by atoms with Crippen molar-refractivity contribution in [1.29, 1.82) is 0 Å². The van der Waals surface area contributed by atoms with E-state index < -0.39 is 0 Å². The first kappa shape index (κ1) is 16.3. The average molecular weight is 281 g/mol. The fourth-order valence-corrected chi connectivity index (χ4v) is 4.16. The lowest BCUT2D eigenvalue weighted by Crippen LogP contribution is -2.49. The van der Waals surface area contributed by atoms with E-state index in [1.807, 2.05) is 0 Å². The Morgan fingerprint density at radius 1 is 1.25 bits per heavy atom. The minimum atomic E-state index is 0.425. The highest BCUT2D eigenvalue weighted by atomic mass is 15.2. The molecule has 1 saturated carbocycles. The van der Waals surface area contributed by atoms with Gasteiger partial charge in [0.25, 0.3) is 0 Å². The van der Waals surface area contributed by atoms with Gasteiger partial charge in [-0.25, -0.2) is 0 Å². The van der Waals surface area contributed by atoms with Gasteiger partial charge < -0.3 is 15.5 Å². The summed E-state index contributed by atoms with van der Waals surface area (Å²) < 4.78 is 0. The second-order valence-electron chi connectivity index (χ2n) is 7.74. The maximum atomic E-state index is 6.41. The van der Waals surface area contributed by atoms with Crippen LogP contribution in [-0.4, -0.2) is 55.6 Å². The highest BCUT2D eigenvalue weighted by molar-refractivity contribution is 4.87. The van der Waals surface area contributed by atoms with Gasteiger partial charge >= 0.3 is 0 Å². The van der Waals surface area contributed by atoms with Crippen LogP contribution < -0.4 is 5.73 Å². The van der Waals surface area contributed by atoms with Crippen molar-refractivity contribution >= 4 is 0 Å². The van der Waals surface area contributed by atoms with Gasteiger partial charge in [-0.15, -0.1) is 0 Å². The maximum absolute atomic E-state index is 6.41. The number of piperidine rings is 1. The number of nitrogens with two attached hydrogens (primary N) is 1. The van der Waals surface area contributed by atoms with Crippen molar-refractivity contribution in [3.05, 3.63) is 0 Å². The average Bonchev–Trinajstić information content (AvgIpc) is 2.41. The number of hydrogen-bond donors (Lipinski definition) is 1. The minimum Gasteiger partial charge on any atom is -0.327 e. The summed E-state index contributed by atoms with van der Waals surface area (Å²) >= 11 is 0. The van der Waals surface area contributed by atoms with Crippen LogP contribution >= 0.6 is 0 Å². The first-order valence-corrected chi connectivity index (χ1v) is 8.61. The van der Waals surface area contributed by atoms with E-state index in [0.29, 0.717) is 12.0 Å². The summed E-state index contributed by atoms with van der Waals surface area (Å²) in [6.45, 7) is 8.44. The van der Waals surface area contributed by atoms with Gasteiger partial charge in [0.05, 0.1) is 0 Å². The molecule has 2 aliphatic rings. The molecule has 4 atom stereocenters. The molecule has 1 aliphatic heterocycles. The van der Waals surface area contributed by atoms with Crippen LogP contribution in [0, 0.1) is 17.8 Å². The monoisotopic (exact) mass is 281 g/mol. The molecule has 0 aromatic carbocycles. The van der Waals surface area contributed by atoms with E-state index in [0.717, 1.165) is 17.9 Å². The third-order valence-electron chi connectivity index (χ3n) is 5.77. The number of likely N-dealkylation sites (N-methyl/N-ethyl adjacent to an activating group) is 2. The maximum Gasteiger partial charge on any atom is 0.0220 e. The van der Waals surface area contributed by atoms with Gasteiger partial charge in [-0.2, -0.15) is 0 Å². The minimum absolute atomic E-state index is 0.425. The predicted molar refractivity (Wildman–Crippen MR) is 86.8 cm³/mol. The fourth-order valence-electron chi connectivity index (χ4n) is 4.16. The summed E-state index contributed by atoms with van der Waals surface area (Å²) in [4.78, 5) is 5.07. The fraction of sp³-hybridized carbons (Fsp3) is 1.00. The molecular weight excluding hydrogens is 246 g/mol. The summed E-state index contributed by atoms with van der Waals surface area (Å²) in [5.41, 5.74) is 6.41. The van der Waals surface area contributed by atoms with Crippen molar-refractivity contribution in [2.24, 2.45) is 23.5 Å². The molecule has 1 aliphatic carbocycles. The molecular formula is C17H35N3. The van der Waals surface area contributed by atoms with Gasteiger partial charge in [0.15, 0.2) is 0 Å². The van der Waals surface area contributed by atoms with Gasteiger partial charge in [0.1, 0.15) is 0 Å². The van der Waals surface area contributed by atoms with Crippen molar-refractivity contribution in [2.45, 2.75) is 58.0 Å². The highest BCUT2D eigenvalue weighted by Gasteiger charge is 2.32. The number of likely N-dealkylation sites (tertiary alicyclic amines) is 1. The summed E-state index contributed by atoms with van der Waals surface area (Å²) in [5.74, 6) is 2.41. The van der Waals surface area contributed by atoms with Gasteiger partial charge in [-0.3, -0.25) is 0 Å². The lowest BCUT2D eigenvalue weighted by Gasteiger charge is -2.41. The second-order valence-corrected chi connectivity index (χ2v) is 7.74. The molecule has 0 amide bonds. The first-order valence-electron chi connectivity index (χ1n) is 8.61. The second kappa shape index (κ2) is 7.24. The standard InChI is InChI=1S/C17H35N3/c1-13(2)14-7-8-17(18)15(10-14)11-20(4)16-6-5-9-19(3)12-16/h13-17H,5-12,18H2,1-4H3. The van der Waals surface area contributed by atoms with Crippen molar-refractivity contribution in [2.75, 3.05) is 33.7 Å². The molecule has 2 rings (SSSR count). The summed E-state index contributed by atoms with van der Waals surface area (Å²) in [5, 5.41) is 0. The van der Waals surface area contributed by atoms with Crippen LogP contribution in [0.25, 0.3) is 0 Å². The Morgan fingerprint density at radius 2 is 2.00 bits per heavy atom. The van der Waals surface area contributed by atoms with Crippen molar-refractivity contribution < 1.29 is 0 Å². The van der Waals surface area contributed by atoms with Crippen LogP contribution in [0.4, 0.5) is 0 Å². The Balaban J connectivity index is 1.86. The molecule has 0 aromatic heterocycles. The van der Waals surface area contributed by atoms with Gasteiger partial charge in [-0.05, 0) is 70.5 Å². The summed E-state index contributed by atoms with van der Waals surface area (Å²) in [7, 11) is 4.57. The predicted octanol–water partition coefficient (Wildman–Crippen LogP) is 2.41. The zero-order chi connectivity index (χ0) is 14.7. The van der Waals surface area contributed by atoms with E-state index in [2.05, 4.69) is 37.7 Å². The van der Waals surface area contributed by atoms with Gasteiger partial charge in [-0.1, -0.05) is 13.8 Å². The van der Waals surface area contributed by atoms with Crippen LogP contribution in [-0.2, 0) is 0 Å². The van der Waals surface area contributed by atoms with Crippen molar-refractivity contribution in [3.8, 4) is 0 Å². The van der Waals surface area contributed by atoms with Crippen LogP contribution in [0.3, 0.4) is 0 Å². The molecule has 2 N–H and O–H groups in total. The zero-order valence-corrected chi connectivity index (χ0v) is 14.0. The van der Waals surface area contributed by atoms with Gasteiger partial charge in [0, 0.05) is 25.2 Å². The zero-order valence-electron chi connectivity index (χ0n) is 14.0.